The number of nitrogens with zero attached hydrogens (tertiary/aromatic N) is 4. The van der Waals surface area contributed by atoms with Crippen LogP contribution >= 0.6 is 0 Å². The Bertz CT molecular complexity index is 1120. The van der Waals surface area contributed by atoms with Gasteiger partial charge in [-0.2, -0.15) is 0 Å². The predicted octanol–water partition coefficient (Wildman–Crippen LogP) is 2.94. The van der Waals surface area contributed by atoms with Crippen molar-refractivity contribution < 1.29 is 14.4 Å². The molecular weight excluding hydrogens is 408 g/mol. The number of hydroxylamine groups is 1. The minimum Gasteiger partial charge on any atom is -0.380 e. The van der Waals surface area contributed by atoms with Crippen LogP contribution in [0.25, 0.3) is 10.9 Å². The van der Waals surface area contributed by atoms with Gasteiger partial charge in [-0.3, -0.25) is 14.2 Å². The molecule has 2 N–H and O–H groups in total. The molecule has 1 aliphatic heterocycles. The van der Waals surface area contributed by atoms with Crippen molar-refractivity contribution in [2.24, 2.45) is 0 Å². The van der Waals surface area contributed by atoms with Crippen molar-refractivity contribution in [1.29, 1.82) is 0 Å². The smallest absolute Gasteiger partial charge is 0.328 e. The number of benzene rings is 1. The van der Waals surface area contributed by atoms with Gasteiger partial charge in [-0.1, -0.05) is 0 Å². The third kappa shape index (κ3) is 4.38. The summed E-state index contributed by atoms with van der Waals surface area (Å²) in [6, 6.07) is 11.2. The van der Waals surface area contributed by atoms with Gasteiger partial charge in [0.1, 0.15) is 0 Å². The van der Waals surface area contributed by atoms with Gasteiger partial charge in [0.2, 0.25) is 0 Å². The van der Waals surface area contributed by atoms with Crippen molar-refractivity contribution in [1.82, 2.24) is 19.9 Å². The highest BCUT2D eigenvalue weighted by Gasteiger charge is 2.25. The molecule has 1 fully saturated rings. The molecule has 0 bridgehead atoms. The Labute approximate surface area is 186 Å². The minimum absolute atomic E-state index is 0.0738. The van der Waals surface area contributed by atoms with E-state index in [2.05, 4.69) is 39.4 Å². The van der Waals surface area contributed by atoms with Crippen LogP contribution in [0.5, 0.6) is 0 Å². The Balaban J connectivity index is 1.46. The molecule has 32 heavy (non-hydrogen) atoms. The van der Waals surface area contributed by atoms with E-state index in [0.717, 1.165) is 22.4 Å². The predicted molar refractivity (Wildman–Crippen MR) is 124 cm³/mol. The molecule has 0 radical (unpaired) electrons. The van der Waals surface area contributed by atoms with Crippen LogP contribution in [0.1, 0.15) is 24.2 Å². The van der Waals surface area contributed by atoms with Crippen LogP contribution < -0.4 is 15.7 Å². The first-order valence-corrected chi connectivity index (χ1v) is 10.7. The van der Waals surface area contributed by atoms with Crippen LogP contribution in [0.4, 0.5) is 16.3 Å². The first-order chi connectivity index (χ1) is 15.5. The highest BCUT2D eigenvalue weighted by molar-refractivity contribution is 5.99. The molecule has 3 heterocycles. The number of pyridine rings is 1. The number of carbonyl (C=O) groups is 2. The molecule has 168 valence electrons. The van der Waals surface area contributed by atoms with E-state index in [1.54, 1.807) is 35.2 Å². The standard InChI is InChI=1S/C23H28N6O3/c1-16(2)25-19-5-4-9-24-21(19)27-11-13-28(14-12-27)23(31)29-10-8-17-15-18(6-7-20(17)29)22(30)26-32-3/h4-10,15-16,25H,11-14H2,1-3H3,(H,26,30). The van der Waals surface area contributed by atoms with Crippen LogP contribution in [0, 0.1) is 0 Å². The van der Waals surface area contributed by atoms with Gasteiger partial charge in [0.15, 0.2) is 5.82 Å². The van der Waals surface area contributed by atoms with Crippen LogP contribution in [0.2, 0.25) is 0 Å². The topological polar surface area (TPSA) is 91.7 Å². The van der Waals surface area contributed by atoms with E-state index < -0.39 is 0 Å². The Kier molecular flexibility index (Phi) is 6.27. The third-order valence-corrected chi connectivity index (χ3v) is 5.43. The van der Waals surface area contributed by atoms with Crippen molar-refractivity contribution in [3.8, 4) is 0 Å². The number of hydrogen-bond acceptors (Lipinski definition) is 6. The molecule has 9 nitrogen and oxygen atoms in total. The average Bonchev–Trinajstić information content (AvgIpc) is 3.22. The Morgan fingerprint density at radius 2 is 1.88 bits per heavy atom. The molecule has 0 spiro atoms. The molecule has 1 aromatic carbocycles. The number of aromatic nitrogens is 2. The van der Waals surface area contributed by atoms with Crippen molar-refractivity contribution >= 4 is 34.3 Å². The zero-order valence-electron chi connectivity index (χ0n) is 18.5. The maximum atomic E-state index is 13.2. The fraction of sp³-hybridized carbons (Fsp3) is 0.348. The summed E-state index contributed by atoms with van der Waals surface area (Å²) in [6.45, 7) is 6.81. The lowest BCUT2D eigenvalue weighted by molar-refractivity contribution is 0.0538. The fourth-order valence-corrected chi connectivity index (χ4v) is 3.94. The molecule has 3 aromatic rings. The molecule has 0 aliphatic carbocycles. The number of rotatable bonds is 5. The first-order valence-electron chi connectivity index (χ1n) is 10.7. The lowest BCUT2D eigenvalue weighted by Crippen LogP contribution is -2.50. The second-order valence-electron chi connectivity index (χ2n) is 8.02. The van der Waals surface area contributed by atoms with Gasteiger partial charge in [0.05, 0.1) is 18.3 Å². The molecule has 9 heteroatoms. The summed E-state index contributed by atoms with van der Waals surface area (Å²) in [7, 11) is 1.39. The van der Waals surface area contributed by atoms with Crippen molar-refractivity contribution in [3.05, 3.63) is 54.4 Å². The summed E-state index contributed by atoms with van der Waals surface area (Å²) in [5.41, 5.74) is 4.55. The number of piperazine rings is 1. The second-order valence-corrected chi connectivity index (χ2v) is 8.02. The monoisotopic (exact) mass is 436 g/mol. The zero-order chi connectivity index (χ0) is 22.7. The van der Waals surface area contributed by atoms with E-state index in [1.165, 1.54) is 7.11 Å². The molecule has 1 aliphatic rings. The van der Waals surface area contributed by atoms with E-state index in [4.69, 9.17) is 0 Å². The minimum atomic E-state index is -0.328. The summed E-state index contributed by atoms with van der Waals surface area (Å²) in [5, 5.41) is 4.26. The van der Waals surface area contributed by atoms with Crippen LogP contribution in [0.3, 0.4) is 0 Å². The number of carbonyl (C=O) groups excluding carboxylic acids is 2. The molecule has 0 unspecified atom stereocenters. The van der Waals surface area contributed by atoms with Gasteiger partial charge < -0.3 is 15.1 Å². The number of amides is 2. The summed E-state index contributed by atoms with van der Waals surface area (Å²) in [5.74, 6) is 0.590. The molecule has 0 saturated carbocycles. The van der Waals surface area contributed by atoms with Gasteiger partial charge in [-0.15, -0.1) is 0 Å². The van der Waals surface area contributed by atoms with Crippen molar-refractivity contribution in [3.63, 3.8) is 0 Å². The Hall–Kier alpha value is -3.59. The van der Waals surface area contributed by atoms with Gasteiger partial charge in [0, 0.05) is 55.6 Å². The molecular formula is C23H28N6O3. The molecule has 2 amide bonds. The average molecular weight is 437 g/mol. The lowest BCUT2D eigenvalue weighted by Gasteiger charge is -2.36. The van der Waals surface area contributed by atoms with Crippen molar-refractivity contribution in [2.45, 2.75) is 19.9 Å². The van der Waals surface area contributed by atoms with Gasteiger partial charge in [-0.05, 0) is 50.2 Å². The normalized spacial score (nSPS) is 14.1. The van der Waals surface area contributed by atoms with E-state index in [1.807, 2.05) is 23.1 Å². The molecule has 1 saturated heterocycles. The SMILES string of the molecule is CONC(=O)c1ccc2c(ccn2C(=O)N2CCN(c3ncccc3NC(C)C)CC2)c1. The van der Waals surface area contributed by atoms with E-state index in [9.17, 15) is 9.59 Å². The number of nitrogens with one attached hydrogen (secondary N) is 2. The first kappa shape index (κ1) is 21.6. The fourth-order valence-electron chi connectivity index (χ4n) is 3.94. The maximum Gasteiger partial charge on any atom is 0.328 e. The molecule has 2 aromatic heterocycles. The largest absolute Gasteiger partial charge is 0.380 e. The van der Waals surface area contributed by atoms with Gasteiger partial charge in [0.25, 0.3) is 5.91 Å². The second kappa shape index (κ2) is 9.27. The number of anilines is 2. The molecule has 4 rings (SSSR count). The maximum absolute atomic E-state index is 13.2. The van der Waals surface area contributed by atoms with Crippen LogP contribution in [-0.2, 0) is 4.84 Å². The van der Waals surface area contributed by atoms with E-state index in [-0.39, 0.29) is 11.9 Å². The number of fused-ring (bicyclic) bond motifs is 1. The zero-order valence-corrected chi connectivity index (χ0v) is 18.5. The summed E-state index contributed by atoms with van der Waals surface area (Å²) >= 11 is 0. The quantitative estimate of drug-likeness (QED) is 0.598. The van der Waals surface area contributed by atoms with Gasteiger partial charge >= 0.3 is 6.03 Å². The summed E-state index contributed by atoms with van der Waals surface area (Å²) in [4.78, 5) is 38.5. The third-order valence-electron chi connectivity index (χ3n) is 5.43. The van der Waals surface area contributed by atoms with Crippen molar-refractivity contribution in [2.75, 3.05) is 43.5 Å². The highest BCUT2D eigenvalue weighted by atomic mass is 16.6. The highest BCUT2D eigenvalue weighted by Crippen LogP contribution is 2.25. The van der Waals surface area contributed by atoms with Crippen LogP contribution in [0.15, 0.2) is 48.8 Å². The number of hydrogen-bond donors (Lipinski definition) is 2. The molecule has 0 atom stereocenters. The lowest BCUT2D eigenvalue weighted by atomic mass is 10.1. The van der Waals surface area contributed by atoms with Crippen LogP contribution in [-0.4, -0.2) is 65.7 Å². The Morgan fingerprint density at radius 3 is 2.59 bits per heavy atom. The van der Waals surface area contributed by atoms with E-state index in [0.29, 0.717) is 37.8 Å². The summed E-state index contributed by atoms with van der Waals surface area (Å²) in [6.07, 6.45) is 3.55. The van der Waals surface area contributed by atoms with Gasteiger partial charge in [-0.25, -0.2) is 15.3 Å². The summed E-state index contributed by atoms with van der Waals surface area (Å²) < 4.78 is 1.63. The van der Waals surface area contributed by atoms with E-state index >= 15 is 0 Å². The Morgan fingerprint density at radius 1 is 1.09 bits per heavy atom.